The molecular formula is C15H9BrF2N2O. The van der Waals surface area contributed by atoms with Crippen LogP contribution in [0.2, 0.25) is 0 Å². The SMILES string of the molecule is Nc1onc(-c2ccc(Br)c(F)c2)c1-c1ccccc1F. The summed E-state index contributed by atoms with van der Waals surface area (Å²) in [4.78, 5) is 0. The molecule has 0 radical (unpaired) electrons. The standard InChI is InChI=1S/C15H9BrF2N2O/c16-10-6-5-8(7-12(10)18)14-13(15(19)21-20-14)9-3-1-2-4-11(9)17/h1-7H,19H2. The van der Waals surface area contributed by atoms with Gasteiger partial charge < -0.3 is 10.3 Å². The number of aromatic nitrogens is 1. The van der Waals surface area contributed by atoms with Gasteiger partial charge in [-0.15, -0.1) is 0 Å². The molecule has 2 aromatic carbocycles. The molecule has 0 aliphatic heterocycles. The Kier molecular flexibility index (Phi) is 3.47. The van der Waals surface area contributed by atoms with Crippen LogP contribution in [0.25, 0.3) is 22.4 Å². The quantitative estimate of drug-likeness (QED) is 0.732. The van der Waals surface area contributed by atoms with Gasteiger partial charge in [0.15, 0.2) is 0 Å². The van der Waals surface area contributed by atoms with Crippen LogP contribution in [0.3, 0.4) is 0 Å². The molecule has 0 aliphatic carbocycles. The highest BCUT2D eigenvalue weighted by Gasteiger charge is 2.20. The molecule has 3 nitrogen and oxygen atoms in total. The fourth-order valence-corrected chi connectivity index (χ4v) is 2.31. The van der Waals surface area contributed by atoms with Crippen molar-refractivity contribution >= 4 is 21.8 Å². The Morgan fingerprint density at radius 3 is 2.52 bits per heavy atom. The van der Waals surface area contributed by atoms with E-state index in [-0.39, 0.29) is 11.4 Å². The van der Waals surface area contributed by atoms with E-state index < -0.39 is 11.6 Å². The van der Waals surface area contributed by atoms with E-state index in [0.29, 0.717) is 21.3 Å². The third kappa shape index (κ3) is 2.42. The number of benzene rings is 2. The number of nitrogens with zero attached hydrogens (tertiary/aromatic N) is 1. The minimum Gasteiger partial charge on any atom is -0.367 e. The second-order valence-electron chi connectivity index (χ2n) is 4.38. The smallest absolute Gasteiger partial charge is 0.230 e. The first-order chi connectivity index (χ1) is 10.1. The average Bonchev–Trinajstić information content (AvgIpc) is 2.84. The molecule has 0 saturated carbocycles. The molecule has 0 bridgehead atoms. The molecule has 106 valence electrons. The molecule has 1 aromatic heterocycles. The van der Waals surface area contributed by atoms with Gasteiger partial charge in [0.05, 0.1) is 10.0 Å². The van der Waals surface area contributed by atoms with E-state index in [0.717, 1.165) is 0 Å². The number of nitrogen functional groups attached to an aromatic ring is 1. The molecule has 3 aromatic rings. The minimum atomic E-state index is -0.453. The number of hydrogen-bond acceptors (Lipinski definition) is 3. The van der Waals surface area contributed by atoms with Crippen molar-refractivity contribution in [3.8, 4) is 22.4 Å². The van der Waals surface area contributed by atoms with Crippen molar-refractivity contribution in [3.05, 3.63) is 58.6 Å². The van der Waals surface area contributed by atoms with Gasteiger partial charge in [0, 0.05) is 11.1 Å². The van der Waals surface area contributed by atoms with Gasteiger partial charge in [-0.3, -0.25) is 0 Å². The van der Waals surface area contributed by atoms with Crippen molar-refractivity contribution in [1.29, 1.82) is 0 Å². The molecule has 2 N–H and O–H groups in total. The summed E-state index contributed by atoms with van der Waals surface area (Å²) in [7, 11) is 0. The highest BCUT2D eigenvalue weighted by Crippen LogP contribution is 2.38. The van der Waals surface area contributed by atoms with Gasteiger partial charge >= 0.3 is 0 Å². The lowest BCUT2D eigenvalue weighted by Crippen LogP contribution is -1.91. The largest absolute Gasteiger partial charge is 0.367 e. The van der Waals surface area contributed by atoms with Crippen LogP contribution in [0.4, 0.5) is 14.7 Å². The Balaban J connectivity index is 2.22. The number of halogens is 3. The van der Waals surface area contributed by atoms with Gasteiger partial charge in [-0.1, -0.05) is 29.4 Å². The van der Waals surface area contributed by atoms with E-state index in [1.54, 1.807) is 30.3 Å². The molecule has 0 atom stereocenters. The molecule has 3 rings (SSSR count). The minimum absolute atomic E-state index is 0.0153. The van der Waals surface area contributed by atoms with E-state index in [4.69, 9.17) is 10.3 Å². The number of nitrogens with two attached hydrogens (primary N) is 1. The fourth-order valence-electron chi connectivity index (χ4n) is 2.07. The van der Waals surface area contributed by atoms with E-state index >= 15 is 0 Å². The Morgan fingerprint density at radius 2 is 1.81 bits per heavy atom. The summed E-state index contributed by atoms with van der Waals surface area (Å²) >= 11 is 3.08. The first-order valence-electron chi connectivity index (χ1n) is 6.03. The van der Waals surface area contributed by atoms with Gasteiger partial charge in [0.25, 0.3) is 0 Å². The van der Waals surface area contributed by atoms with Gasteiger partial charge in [0.2, 0.25) is 5.88 Å². The lowest BCUT2D eigenvalue weighted by atomic mass is 10.0. The first kappa shape index (κ1) is 13.8. The molecule has 0 saturated heterocycles. The van der Waals surface area contributed by atoms with Crippen molar-refractivity contribution in [2.75, 3.05) is 5.73 Å². The lowest BCUT2D eigenvalue weighted by Gasteiger charge is -2.05. The third-order valence-corrected chi connectivity index (χ3v) is 3.70. The van der Waals surface area contributed by atoms with E-state index in [2.05, 4.69) is 21.1 Å². The lowest BCUT2D eigenvalue weighted by molar-refractivity contribution is 0.439. The van der Waals surface area contributed by atoms with Crippen molar-refractivity contribution in [3.63, 3.8) is 0 Å². The van der Waals surface area contributed by atoms with E-state index in [9.17, 15) is 8.78 Å². The normalized spacial score (nSPS) is 10.8. The van der Waals surface area contributed by atoms with Crippen LogP contribution in [-0.2, 0) is 0 Å². The summed E-state index contributed by atoms with van der Waals surface area (Å²) in [5.74, 6) is -0.918. The summed E-state index contributed by atoms with van der Waals surface area (Å²) in [5, 5.41) is 3.83. The molecule has 1 heterocycles. The Bertz CT molecular complexity index is 817. The van der Waals surface area contributed by atoms with Crippen LogP contribution < -0.4 is 5.73 Å². The van der Waals surface area contributed by atoms with Gasteiger partial charge in [-0.25, -0.2) is 8.78 Å². The average molecular weight is 351 g/mol. The topological polar surface area (TPSA) is 52.0 Å². The molecule has 21 heavy (non-hydrogen) atoms. The second kappa shape index (κ2) is 5.29. The van der Waals surface area contributed by atoms with Crippen LogP contribution >= 0.6 is 15.9 Å². The molecule has 6 heteroatoms. The van der Waals surface area contributed by atoms with E-state index in [1.807, 2.05) is 0 Å². The first-order valence-corrected chi connectivity index (χ1v) is 6.82. The summed E-state index contributed by atoms with van der Waals surface area (Å²) < 4.78 is 32.9. The Labute approximate surface area is 127 Å². The molecule has 0 amide bonds. The summed E-state index contributed by atoms with van der Waals surface area (Å²) in [6.07, 6.45) is 0. The zero-order valence-electron chi connectivity index (χ0n) is 10.6. The Hall–Kier alpha value is -2.21. The maximum absolute atomic E-state index is 14.0. The predicted octanol–water partition coefficient (Wildman–Crippen LogP) is 4.63. The summed E-state index contributed by atoms with van der Waals surface area (Å²) in [6, 6.07) is 10.6. The van der Waals surface area contributed by atoms with Crippen LogP contribution in [0.1, 0.15) is 0 Å². The van der Waals surface area contributed by atoms with Crippen molar-refractivity contribution in [2.45, 2.75) is 0 Å². The third-order valence-electron chi connectivity index (χ3n) is 3.05. The number of rotatable bonds is 2. The maximum Gasteiger partial charge on any atom is 0.230 e. The summed E-state index contributed by atoms with van der Waals surface area (Å²) in [6.45, 7) is 0. The van der Waals surface area contributed by atoms with Crippen LogP contribution in [-0.4, -0.2) is 5.16 Å². The van der Waals surface area contributed by atoms with Crippen LogP contribution in [0, 0.1) is 11.6 Å². The van der Waals surface area contributed by atoms with E-state index in [1.165, 1.54) is 12.1 Å². The van der Waals surface area contributed by atoms with Gasteiger partial charge in [-0.2, -0.15) is 0 Å². The maximum atomic E-state index is 14.0. The van der Waals surface area contributed by atoms with Crippen molar-refractivity contribution < 1.29 is 13.3 Å². The van der Waals surface area contributed by atoms with Crippen LogP contribution in [0.15, 0.2) is 51.5 Å². The number of hydrogen-bond donors (Lipinski definition) is 1. The van der Waals surface area contributed by atoms with Crippen molar-refractivity contribution in [2.24, 2.45) is 0 Å². The van der Waals surface area contributed by atoms with Crippen LogP contribution in [0.5, 0.6) is 0 Å². The molecule has 0 spiro atoms. The van der Waals surface area contributed by atoms with Gasteiger partial charge in [0.1, 0.15) is 17.3 Å². The highest BCUT2D eigenvalue weighted by atomic mass is 79.9. The molecule has 0 fully saturated rings. The van der Waals surface area contributed by atoms with Crippen molar-refractivity contribution in [1.82, 2.24) is 5.16 Å². The molecule has 0 unspecified atom stereocenters. The second-order valence-corrected chi connectivity index (χ2v) is 5.23. The highest BCUT2D eigenvalue weighted by molar-refractivity contribution is 9.10. The summed E-state index contributed by atoms with van der Waals surface area (Å²) in [5.41, 5.74) is 7.07. The zero-order chi connectivity index (χ0) is 15.0. The molecular weight excluding hydrogens is 342 g/mol. The molecule has 0 aliphatic rings. The Morgan fingerprint density at radius 1 is 1.05 bits per heavy atom. The predicted molar refractivity (Wildman–Crippen MR) is 79.4 cm³/mol. The monoisotopic (exact) mass is 350 g/mol. The fraction of sp³-hybridized carbons (Fsp3) is 0. The van der Waals surface area contributed by atoms with Gasteiger partial charge in [-0.05, 0) is 34.1 Å². The zero-order valence-corrected chi connectivity index (χ0v) is 12.2. The number of anilines is 1.